The van der Waals surface area contributed by atoms with Crippen molar-refractivity contribution in [2.45, 2.75) is 20.4 Å². The number of aliphatic imine (C=N–C) groups is 1. The van der Waals surface area contributed by atoms with Gasteiger partial charge in [-0.05, 0) is 37.6 Å². The maximum absolute atomic E-state index is 5.58. The molecule has 0 spiro atoms. The molecule has 2 N–H and O–H groups in total. The monoisotopic (exact) mass is 393 g/mol. The summed E-state index contributed by atoms with van der Waals surface area (Å²) in [5, 5.41) is 6.61. The standard InChI is InChI=1S/C22H27N5O2/c1-4-24-22(26-18-10-11-20(29-5-2)21(14-18)28-3)25-15-17-8-6-7-9-19(17)27-13-12-23-16-27/h6-14,16H,4-5,15H2,1-3H3,(H2,24,25,26). The minimum absolute atomic E-state index is 0.526. The smallest absolute Gasteiger partial charge is 0.196 e. The van der Waals surface area contributed by atoms with Crippen LogP contribution >= 0.6 is 0 Å². The highest BCUT2D eigenvalue weighted by atomic mass is 16.5. The fraction of sp³-hybridized carbons (Fsp3) is 0.273. The van der Waals surface area contributed by atoms with Gasteiger partial charge in [0.25, 0.3) is 0 Å². The van der Waals surface area contributed by atoms with Crippen LogP contribution in [0.15, 0.2) is 66.2 Å². The van der Waals surface area contributed by atoms with Gasteiger partial charge in [-0.2, -0.15) is 0 Å². The molecule has 3 rings (SSSR count). The predicted octanol–water partition coefficient (Wildman–Crippen LogP) is 3.86. The quantitative estimate of drug-likeness (QED) is 0.449. The number of anilines is 1. The Morgan fingerprint density at radius 2 is 2.00 bits per heavy atom. The van der Waals surface area contributed by atoms with E-state index in [2.05, 4.69) is 27.8 Å². The zero-order valence-electron chi connectivity index (χ0n) is 17.1. The lowest BCUT2D eigenvalue weighted by atomic mass is 10.2. The molecule has 2 aromatic carbocycles. The van der Waals surface area contributed by atoms with Crippen molar-refractivity contribution in [3.8, 4) is 17.2 Å². The Labute approximate surface area is 171 Å². The summed E-state index contributed by atoms with van der Waals surface area (Å²) < 4.78 is 13.0. The van der Waals surface area contributed by atoms with Crippen molar-refractivity contribution in [2.75, 3.05) is 25.6 Å². The van der Waals surface area contributed by atoms with Crippen LogP contribution in [0.5, 0.6) is 11.5 Å². The molecule has 0 aliphatic carbocycles. The number of aromatic nitrogens is 2. The maximum atomic E-state index is 5.58. The Bertz CT molecular complexity index is 938. The van der Waals surface area contributed by atoms with Gasteiger partial charge in [-0.25, -0.2) is 9.98 Å². The normalized spacial score (nSPS) is 11.2. The summed E-state index contributed by atoms with van der Waals surface area (Å²) in [5.41, 5.74) is 3.03. The van der Waals surface area contributed by atoms with Crippen LogP contribution in [0.3, 0.4) is 0 Å². The Kier molecular flexibility index (Phi) is 7.10. The number of nitrogens with one attached hydrogen (secondary N) is 2. The first kappa shape index (κ1) is 20.3. The summed E-state index contributed by atoms with van der Waals surface area (Å²) in [7, 11) is 1.63. The van der Waals surface area contributed by atoms with Crippen molar-refractivity contribution in [1.82, 2.24) is 14.9 Å². The SMILES string of the molecule is CCNC(=NCc1ccccc1-n1ccnc1)Nc1ccc(OCC)c(OC)c1. The fourth-order valence-corrected chi connectivity index (χ4v) is 2.93. The average Bonchev–Trinajstić information content (AvgIpc) is 3.28. The van der Waals surface area contributed by atoms with Gasteiger partial charge in [-0.15, -0.1) is 0 Å². The van der Waals surface area contributed by atoms with E-state index in [-0.39, 0.29) is 0 Å². The van der Waals surface area contributed by atoms with Crippen LogP contribution in [-0.4, -0.2) is 35.8 Å². The minimum atomic E-state index is 0.526. The Hall–Kier alpha value is -3.48. The van der Waals surface area contributed by atoms with E-state index >= 15 is 0 Å². The molecule has 0 amide bonds. The van der Waals surface area contributed by atoms with E-state index in [1.807, 2.05) is 54.9 Å². The van der Waals surface area contributed by atoms with Crippen LogP contribution in [0.4, 0.5) is 5.69 Å². The Balaban J connectivity index is 1.80. The van der Waals surface area contributed by atoms with E-state index in [9.17, 15) is 0 Å². The van der Waals surface area contributed by atoms with E-state index in [4.69, 9.17) is 14.5 Å². The highest BCUT2D eigenvalue weighted by Crippen LogP contribution is 2.30. The second-order valence-electron chi connectivity index (χ2n) is 6.22. The van der Waals surface area contributed by atoms with Crippen LogP contribution in [0.1, 0.15) is 19.4 Å². The molecule has 1 heterocycles. The molecule has 1 aromatic heterocycles. The summed E-state index contributed by atoms with van der Waals surface area (Å²) in [5.74, 6) is 2.09. The summed E-state index contributed by atoms with van der Waals surface area (Å²) in [6.45, 7) is 5.85. The van der Waals surface area contributed by atoms with Gasteiger partial charge in [0, 0.05) is 30.7 Å². The molecular formula is C22H27N5O2. The first-order valence-electron chi connectivity index (χ1n) is 9.67. The van der Waals surface area contributed by atoms with Crippen LogP contribution in [0.2, 0.25) is 0 Å². The van der Waals surface area contributed by atoms with E-state index in [1.54, 1.807) is 19.6 Å². The van der Waals surface area contributed by atoms with Gasteiger partial charge in [-0.3, -0.25) is 0 Å². The second kappa shape index (κ2) is 10.2. The zero-order chi connectivity index (χ0) is 20.5. The highest BCUT2D eigenvalue weighted by Gasteiger charge is 2.08. The number of hydrogen-bond donors (Lipinski definition) is 2. The van der Waals surface area contributed by atoms with Crippen molar-refractivity contribution < 1.29 is 9.47 Å². The van der Waals surface area contributed by atoms with Crippen molar-refractivity contribution in [1.29, 1.82) is 0 Å². The molecule has 7 heteroatoms. The molecule has 0 saturated carbocycles. The number of methoxy groups -OCH3 is 1. The number of benzene rings is 2. The van der Waals surface area contributed by atoms with Crippen LogP contribution in [0, 0.1) is 0 Å². The lowest BCUT2D eigenvalue weighted by molar-refractivity contribution is 0.311. The van der Waals surface area contributed by atoms with Gasteiger partial charge in [-0.1, -0.05) is 18.2 Å². The predicted molar refractivity (Wildman–Crippen MR) is 116 cm³/mol. The van der Waals surface area contributed by atoms with Gasteiger partial charge in [0.05, 0.1) is 32.3 Å². The third kappa shape index (κ3) is 5.28. The van der Waals surface area contributed by atoms with E-state index in [0.29, 0.717) is 24.9 Å². The summed E-state index contributed by atoms with van der Waals surface area (Å²) in [6.07, 6.45) is 5.49. The van der Waals surface area contributed by atoms with Crippen molar-refractivity contribution in [3.63, 3.8) is 0 Å². The van der Waals surface area contributed by atoms with Crippen LogP contribution in [-0.2, 0) is 6.54 Å². The lowest BCUT2D eigenvalue weighted by Gasteiger charge is -2.15. The fourth-order valence-electron chi connectivity index (χ4n) is 2.93. The largest absolute Gasteiger partial charge is 0.493 e. The summed E-state index contributed by atoms with van der Waals surface area (Å²) >= 11 is 0. The number of nitrogens with zero attached hydrogens (tertiary/aromatic N) is 3. The highest BCUT2D eigenvalue weighted by molar-refractivity contribution is 5.94. The summed E-state index contributed by atoms with van der Waals surface area (Å²) in [4.78, 5) is 8.89. The Morgan fingerprint density at radius 3 is 2.72 bits per heavy atom. The third-order valence-electron chi connectivity index (χ3n) is 4.25. The van der Waals surface area contributed by atoms with Crippen molar-refractivity contribution in [3.05, 3.63) is 66.7 Å². The van der Waals surface area contributed by atoms with Gasteiger partial charge in [0.1, 0.15) is 0 Å². The first-order chi connectivity index (χ1) is 14.2. The van der Waals surface area contributed by atoms with Gasteiger partial charge < -0.3 is 24.7 Å². The average molecular weight is 393 g/mol. The molecule has 0 bridgehead atoms. The zero-order valence-corrected chi connectivity index (χ0v) is 17.1. The van der Waals surface area contributed by atoms with E-state index in [1.165, 1.54) is 0 Å². The molecule has 0 atom stereocenters. The van der Waals surface area contributed by atoms with Gasteiger partial charge >= 0.3 is 0 Å². The van der Waals surface area contributed by atoms with Crippen LogP contribution < -0.4 is 20.1 Å². The molecule has 3 aromatic rings. The lowest BCUT2D eigenvalue weighted by Crippen LogP contribution is -2.30. The first-order valence-corrected chi connectivity index (χ1v) is 9.67. The number of ether oxygens (including phenoxy) is 2. The molecular weight excluding hydrogens is 366 g/mol. The van der Waals surface area contributed by atoms with E-state index < -0.39 is 0 Å². The number of imidazole rings is 1. The molecule has 0 aliphatic heterocycles. The third-order valence-corrected chi connectivity index (χ3v) is 4.25. The number of rotatable bonds is 8. The molecule has 0 unspecified atom stereocenters. The molecule has 0 saturated heterocycles. The number of para-hydroxylation sites is 1. The van der Waals surface area contributed by atoms with Crippen molar-refractivity contribution in [2.24, 2.45) is 4.99 Å². The van der Waals surface area contributed by atoms with Crippen molar-refractivity contribution >= 4 is 11.6 Å². The molecule has 0 fully saturated rings. The van der Waals surface area contributed by atoms with Gasteiger partial charge in [0.2, 0.25) is 0 Å². The molecule has 29 heavy (non-hydrogen) atoms. The topological polar surface area (TPSA) is 72.7 Å². The Morgan fingerprint density at radius 1 is 1.14 bits per heavy atom. The number of hydrogen-bond acceptors (Lipinski definition) is 4. The molecule has 7 nitrogen and oxygen atoms in total. The maximum Gasteiger partial charge on any atom is 0.196 e. The molecule has 0 radical (unpaired) electrons. The van der Waals surface area contributed by atoms with E-state index in [0.717, 1.165) is 29.2 Å². The molecule has 152 valence electrons. The second-order valence-corrected chi connectivity index (χ2v) is 6.22. The minimum Gasteiger partial charge on any atom is -0.493 e. The van der Waals surface area contributed by atoms with Gasteiger partial charge in [0.15, 0.2) is 17.5 Å². The van der Waals surface area contributed by atoms with Crippen LogP contribution in [0.25, 0.3) is 5.69 Å². The number of guanidine groups is 1. The summed E-state index contributed by atoms with van der Waals surface area (Å²) in [6, 6.07) is 13.9. The molecule has 0 aliphatic rings.